The number of carbonyl (C=O) groups excluding carboxylic acids is 3. The van der Waals surface area contributed by atoms with Crippen molar-refractivity contribution in [3.63, 3.8) is 0 Å². The van der Waals surface area contributed by atoms with Crippen molar-refractivity contribution in [3.8, 4) is 0 Å². The van der Waals surface area contributed by atoms with E-state index in [4.69, 9.17) is 11.6 Å². The highest BCUT2D eigenvalue weighted by Gasteiger charge is 2.52. The van der Waals surface area contributed by atoms with E-state index < -0.39 is 11.6 Å². The molecule has 0 spiro atoms. The molecule has 27 heavy (non-hydrogen) atoms. The van der Waals surface area contributed by atoms with Gasteiger partial charge in [0.05, 0.1) is 6.04 Å². The molecule has 0 aromatic heterocycles. The zero-order valence-corrected chi connectivity index (χ0v) is 16.5. The zero-order valence-electron chi connectivity index (χ0n) is 15.8. The second-order valence-electron chi connectivity index (χ2n) is 7.70. The molecule has 6 nitrogen and oxygen atoms in total. The van der Waals surface area contributed by atoms with Crippen LogP contribution < -0.4 is 10.6 Å². The average molecular weight is 392 g/mol. The first-order chi connectivity index (χ1) is 12.8. The fourth-order valence-corrected chi connectivity index (χ4v) is 4.21. The molecule has 0 bridgehead atoms. The molecule has 2 aliphatic rings. The molecule has 3 rings (SSSR count). The Morgan fingerprint density at radius 3 is 2.52 bits per heavy atom. The minimum atomic E-state index is -0.903. The van der Waals surface area contributed by atoms with Crippen LogP contribution in [0.1, 0.15) is 57.6 Å². The van der Waals surface area contributed by atoms with E-state index in [-0.39, 0.29) is 30.3 Å². The summed E-state index contributed by atoms with van der Waals surface area (Å²) in [5.41, 5.74) is -0.00320. The van der Waals surface area contributed by atoms with E-state index in [1.54, 1.807) is 19.1 Å². The Morgan fingerprint density at radius 1 is 1.26 bits per heavy atom. The molecular weight excluding hydrogens is 366 g/mol. The molecule has 1 aliphatic heterocycles. The van der Waals surface area contributed by atoms with E-state index in [9.17, 15) is 14.4 Å². The number of urea groups is 1. The lowest BCUT2D eigenvalue weighted by Gasteiger charge is -2.34. The molecule has 2 atom stereocenters. The van der Waals surface area contributed by atoms with Gasteiger partial charge in [-0.2, -0.15) is 0 Å². The molecule has 1 aliphatic carbocycles. The third kappa shape index (κ3) is 4.10. The van der Waals surface area contributed by atoms with Gasteiger partial charge in [0.1, 0.15) is 12.1 Å². The van der Waals surface area contributed by atoms with Crippen molar-refractivity contribution in [1.29, 1.82) is 0 Å². The van der Waals surface area contributed by atoms with Crippen LogP contribution >= 0.6 is 11.6 Å². The number of hydrogen-bond acceptors (Lipinski definition) is 3. The number of imide groups is 1. The lowest BCUT2D eigenvalue weighted by atomic mass is 9.75. The Kier molecular flexibility index (Phi) is 5.75. The van der Waals surface area contributed by atoms with Crippen LogP contribution in [0.2, 0.25) is 5.02 Å². The van der Waals surface area contributed by atoms with Crippen molar-refractivity contribution >= 4 is 29.4 Å². The highest BCUT2D eigenvalue weighted by atomic mass is 35.5. The Balaban J connectivity index is 1.62. The monoisotopic (exact) mass is 391 g/mol. The van der Waals surface area contributed by atoms with Gasteiger partial charge in [0.25, 0.3) is 5.91 Å². The molecule has 7 heteroatoms. The number of nitrogens with one attached hydrogen (secondary N) is 2. The molecule has 146 valence electrons. The van der Waals surface area contributed by atoms with Crippen LogP contribution in [0.3, 0.4) is 0 Å². The van der Waals surface area contributed by atoms with E-state index in [1.807, 2.05) is 19.1 Å². The van der Waals surface area contributed by atoms with Gasteiger partial charge in [0.2, 0.25) is 5.91 Å². The summed E-state index contributed by atoms with van der Waals surface area (Å²) in [7, 11) is 0. The highest BCUT2D eigenvalue weighted by molar-refractivity contribution is 6.30. The predicted molar refractivity (Wildman–Crippen MR) is 103 cm³/mol. The van der Waals surface area contributed by atoms with Gasteiger partial charge in [-0.05, 0) is 50.3 Å². The lowest BCUT2D eigenvalue weighted by Crippen LogP contribution is -2.51. The SMILES string of the molecule is C[C@@H](NC(=O)CN1C(=O)N[C@@](C)(C2CCCCC2)C1=O)c1ccc(Cl)cc1. The summed E-state index contributed by atoms with van der Waals surface area (Å²) < 4.78 is 0. The number of nitrogens with zero attached hydrogens (tertiary/aromatic N) is 1. The first kappa shape index (κ1) is 19.7. The minimum Gasteiger partial charge on any atom is -0.348 e. The summed E-state index contributed by atoms with van der Waals surface area (Å²) in [4.78, 5) is 38.7. The fraction of sp³-hybridized carbons (Fsp3) is 0.550. The Morgan fingerprint density at radius 2 is 1.89 bits per heavy atom. The van der Waals surface area contributed by atoms with E-state index in [2.05, 4.69) is 10.6 Å². The number of benzene rings is 1. The van der Waals surface area contributed by atoms with Crippen LogP contribution in [0.25, 0.3) is 0 Å². The largest absolute Gasteiger partial charge is 0.348 e. The van der Waals surface area contributed by atoms with Crippen molar-refractivity contribution in [2.75, 3.05) is 6.54 Å². The molecule has 4 amide bonds. The topological polar surface area (TPSA) is 78.5 Å². The van der Waals surface area contributed by atoms with Gasteiger partial charge in [-0.3, -0.25) is 14.5 Å². The second kappa shape index (κ2) is 7.89. The van der Waals surface area contributed by atoms with E-state index in [1.165, 1.54) is 6.42 Å². The van der Waals surface area contributed by atoms with Crippen molar-refractivity contribution in [1.82, 2.24) is 15.5 Å². The van der Waals surface area contributed by atoms with Crippen LogP contribution in [0.5, 0.6) is 0 Å². The van der Waals surface area contributed by atoms with Gasteiger partial charge in [-0.1, -0.05) is 43.0 Å². The highest BCUT2D eigenvalue weighted by Crippen LogP contribution is 2.36. The Bertz CT molecular complexity index is 730. The summed E-state index contributed by atoms with van der Waals surface area (Å²) in [6.07, 6.45) is 5.17. The maximum atomic E-state index is 12.9. The molecule has 2 N–H and O–H groups in total. The summed E-state index contributed by atoms with van der Waals surface area (Å²) in [5, 5.41) is 6.30. The lowest BCUT2D eigenvalue weighted by molar-refractivity contribution is -0.136. The molecule has 0 radical (unpaired) electrons. The summed E-state index contributed by atoms with van der Waals surface area (Å²) in [6, 6.07) is 6.45. The quantitative estimate of drug-likeness (QED) is 0.755. The smallest absolute Gasteiger partial charge is 0.325 e. The van der Waals surface area contributed by atoms with E-state index in [0.29, 0.717) is 5.02 Å². The second-order valence-corrected chi connectivity index (χ2v) is 8.14. The van der Waals surface area contributed by atoms with E-state index >= 15 is 0 Å². The third-order valence-corrected chi connectivity index (χ3v) is 6.02. The summed E-state index contributed by atoms with van der Waals surface area (Å²) in [6.45, 7) is 3.36. The third-order valence-electron chi connectivity index (χ3n) is 5.77. The van der Waals surface area contributed by atoms with Crippen molar-refractivity contribution in [2.24, 2.45) is 5.92 Å². The van der Waals surface area contributed by atoms with Crippen molar-refractivity contribution < 1.29 is 14.4 Å². The van der Waals surface area contributed by atoms with Crippen molar-refractivity contribution in [3.05, 3.63) is 34.9 Å². The molecule has 0 unspecified atom stereocenters. The van der Waals surface area contributed by atoms with Crippen LogP contribution in [-0.2, 0) is 9.59 Å². The number of amides is 4. The summed E-state index contributed by atoms with van der Waals surface area (Å²) >= 11 is 5.88. The molecule has 1 saturated heterocycles. The molecular formula is C20H26ClN3O3. The van der Waals surface area contributed by atoms with Gasteiger partial charge in [-0.15, -0.1) is 0 Å². The maximum Gasteiger partial charge on any atom is 0.325 e. The van der Waals surface area contributed by atoms with Gasteiger partial charge in [-0.25, -0.2) is 4.79 Å². The van der Waals surface area contributed by atoms with Crippen LogP contribution in [0.4, 0.5) is 4.79 Å². The standard InChI is InChI=1S/C20H26ClN3O3/c1-13(14-8-10-16(21)11-9-14)22-17(25)12-24-18(26)20(2,23-19(24)27)15-6-4-3-5-7-15/h8-11,13,15H,3-7,12H2,1-2H3,(H,22,25)(H,23,27)/t13-,20+/m1/s1. The number of carbonyl (C=O) groups is 3. The van der Waals surface area contributed by atoms with Gasteiger partial charge in [0, 0.05) is 5.02 Å². The van der Waals surface area contributed by atoms with Crippen molar-refractivity contribution in [2.45, 2.75) is 57.5 Å². The molecule has 2 fully saturated rings. The minimum absolute atomic E-state index is 0.128. The van der Waals surface area contributed by atoms with Gasteiger partial charge < -0.3 is 10.6 Å². The van der Waals surface area contributed by atoms with E-state index in [0.717, 1.165) is 36.1 Å². The predicted octanol–water partition coefficient (Wildman–Crippen LogP) is 3.41. The fourth-order valence-electron chi connectivity index (χ4n) is 4.08. The van der Waals surface area contributed by atoms with Gasteiger partial charge >= 0.3 is 6.03 Å². The average Bonchev–Trinajstić information content (AvgIpc) is 2.87. The molecule has 1 aromatic rings. The van der Waals surface area contributed by atoms with Crippen LogP contribution in [0.15, 0.2) is 24.3 Å². The normalized spacial score (nSPS) is 24.6. The summed E-state index contributed by atoms with van der Waals surface area (Å²) in [5.74, 6) is -0.536. The Hall–Kier alpha value is -2.08. The molecule has 1 heterocycles. The molecule has 1 saturated carbocycles. The first-order valence-corrected chi connectivity index (χ1v) is 9.88. The number of hydrogen-bond donors (Lipinski definition) is 2. The number of halogens is 1. The molecule has 1 aromatic carbocycles. The van der Waals surface area contributed by atoms with Crippen LogP contribution in [0, 0.1) is 5.92 Å². The number of rotatable bonds is 5. The van der Waals surface area contributed by atoms with Gasteiger partial charge in [0.15, 0.2) is 0 Å². The maximum absolute atomic E-state index is 12.9. The van der Waals surface area contributed by atoms with Crippen LogP contribution in [-0.4, -0.2) is 34.8 Å². The zero-order chi connectivity index (χ0) is 19.6. The first-order valence-electron chi connectivity index (χ1n) is 9.50. The Labute approximate surface area is 164 Å².